The minimum atomic E-state index is -0.404. The van der Waals surface area contributed by atoms with Crippen LogP contribution in [0.2, 0.25) is 0 Å². The van der Waals surface area contributed by atoms with E-state index in [9.17, 15) is 5.11 Å². The van der Waals surface area contributed by atoms with Crippen molar-refractivity contribution >= 4 is 0 Å². The lowest BCUT2D eigenvalue weighted by Crippen LogP contribution is -2.34. The van der Waals surface area contributed by atoms with Crippen LogP contribution < -0.4 is 0 Å². The number of hydrogen-bond acceptors (Lipinski definition) is 4. The molecule has 1 aliphatic carbocycles. The van der Waals surface area contributed by atoms with Crippen LogP contribution in [-0.2, 0) is 14.2 Å². The summed E-state index contributed by atoms with van der Waals surface area (Å²) in [6.07, 6.45) is -0.429. The Morgan fingerprint density at radius 3 is 2.92 bits per heavy atom. The Balaban J connectivity index is 1.87. The highest BCUT2D eigenvalue weighted by Gasteiger charge is 2.76. The second-order valence-electron chi connectivity index (χ2n) is 3.94. The summed E-state index contributed by atoms with van der Waals surface area (Å²) in [7, 11) is 1.65. The molecule has 2 saturated heterocycles. The van der Waals surface area contributed by atoms with Gasteiger partial charge in [0.15, 0.2) is 6.29 Å². The highest BCUT2D eigenvalue weighted by atomic mass is 16.8. The number of epoxide rings is 1. The molecule has 1 saturated carbocycles. The maximum Gasteiger partial charge on any atom is 0.187 e. The van der Waals surface area contributed by atoms with E-state index in [1.807, 2.05) is 6.92 Å². The zero-order valence-electron chi connectivity index (χ0n) is 7.06. The fourth-order valence-electron chi connectivity index (χ4n) is 2.33. The predicted molar refractivity (Wildman–Crippen MR) is 38.4 cm³/mol. The average molecular weight is 172 g/mol. The van der Waals surface area contributed by atoms with Gasteiger partial charge in [-0.25, -0.2) is 0 Å². The third-order valence-electron chi connectivity index (χ3n) is 3.28. The third kappa shape index (κ3) is 0.633. The Kier molecular flexibility index (Phi) is 1.12. The van der Waals surface area contributed by atoms with E-state index < -0.39 is 5.60 Å². The smallest absolute Gasteiger partial charge is 0.187 e. The molecule has 12 heavy (non-hydrogen) atoms. The Morgan fingerprint density at radius 1 is 1.50 bits per heavy atom. The second kappa shape index (κ2) is 1.85. The van der Waals surface area contributed by atoms with Gasteiger partial charge in [0.25, 0.3) is 0 Å². The highest BCUT2D eigenvalue weighted by molar-refractivity contribution is 5.21. The molecule has 0 aromatic carbocycles. The molecule has 0 aromatic heterocycles. The van der Waals surface area contributed by atoms with Crippen molar-refractivity contribution in [3.63, 3.8) is 0 Å². The van der Waals surface area contributed by atoms with Crippen LogP contribution in [0.4, 0.5) is 0 Å². The number of hydrogen-bond donors (Lipinski definition) is 1. The Morgan fingerprint density at radius 2 is 2.25 bits per heavy atom. The number of fused-ring (bicyclic) bond motifs is 2. The standard InChI is InChI=1S/C8H12O4/c1-8-3(6(8)9)4(10-2)5-7(11-5)12-8/h3-7,9H,1-2H3/t3?,4?,5-,6+,7?,8?/m1/s1. The van der Waals surface area contributed by atoms with E-state index in [2.05, 4.69) is 0 Å². The minimum Gasteiger partial charge on any atom is -0.390 e. The molecule has 0 amide bonds. The van der Waals surface area contributed by atoms with Crippen LogP contribution in [0.1, 0.15) is 6.92 Å². The number of aliphatic hydroxyl groups is 1. The Bertz CT molecular complexity index is 229. The van der Waals surface area contributed by atoms with Gasteiger partial charge in [-0.05, 0) is 6.92 Å². The van der Waals surface area contributed by atoms with Crippen molar-refractivity contribution < 1.29 is 19.3 Å². The number of rotatable bonds is 1. The fraction of sp³-hybridized carbons (Fsp3) is 1.00. The molecule has 3 aliphatic rings. The van der Waals surface area contributed by atoms with Gasteiger partial charge in [-0.3, -0.25) is 0 Å². The van der Waals surface area contributed by atoms with Crippen LogP contribution in [0.15, 0.2) is 0 Å². The van der Waals surface area contributed by atoms with Gasteiger partial charge in [-0.2, -0.15) is 0 Å². The van der Waals surface area contributed by atoms with Gasteiger partial charge in [-0.1, -0.05) is 0 Å². The molecule has 4 heteroatoms. The molecule has 2 heterocycles. The maximum absolute atomic E-state index is 9.56. The summed E-state index contributed by atoms with van der Waals surface area (Å²) in [6, 6.07) is 0. The van der Waals surface area contributed by atoms with Gasteiger partial charge in [-0.15, -0.1) is 0 Å². The Labute approximate surface area is 70.4 Å². The molecular formula is C8H12O4. The van der Waals surface area contributed by atoms with Crippen LogP contribution >= 0.6 is 0 Å². The first-order valence-electron chi connectivity index (χ1n) is 4.22. The second-order valence-corrected chi connectivity index (χ2v) is 3.94. The molecule has 1 N–H and O–H groups in total. The molecule has 2 aliphatic heterocycles. The van der Waals surface area contributed by atoms with Crippen molar-refractivity contribution in [2.75, 3.05) is 7.11 Å². The van der Waals surface area contributed by atoms with E-state index in [1.165, 1.54) is 0 Å². The average Bonchev–Trinajstić information content (AvgIpc) is 2.87. The largest absolute Gasteiger partial charge is 0.390 e. The van der Waals surface area contributed by atoms with Crippen molar-refractivity contribution in [3.8, 4) is 0 Å². The van der Waals surface area contributed by atoms with Crippen LogP contribution in [-0.4, -0.2) is 42.4 Å². The van der Waals surface area contributed by atoms with E-state index in [0.717, 1.165) is 0 Å². The predicted octanol–water partition coefficient (Wildman–Crippen LogP) is -0.494. The molecule has 3 fully saturated rings. The van der Waals surface area contributed by atoms with Crippen molar-refractivity contribution in [1.82, 2.24) is 0 Å². The van der Waals surface area contributed by atoms with Gasteiger partial charge in [0.1, 0.15) is 11.7 Å². The molecule has 3 rings (SSSR count). The summed E-state index contributed by atoms with van der Waals surface area (Å²) in [5.41, 5.74) is -0.404. The summed E-state index contributed by atoms with van der Waals surface area (Å²) in [5.74, 6) is 0.103. The highest BCUT2D eigenvalue weighted by Crippen LogP contribution is 2.59. The monoisotopic (exact) mass is 172 g/mol. The van der Waals surface area contributed by atoms with Crippen LogP contribution in [0, 0.1) is 5.92 Å². The van der Waals surface area contributed by atoms with Crippen LogP contribution in [0.25, 0.3) is 0 Å². The molecule has 0 aromatic rings. The fourth-order valence-corrected chi connectivity index (χ4v) is 2.33. The number of aliphatic hydroxyl groups excluding tert-OH is 1. The van der Waals surface area contributed by atoms with Crippen molar-refractivity contribution in [1.29, 1.82) is 0 Å². The van der Waals surface area contributed by atoms with Gasteiger partial charge in [0, 0.05) is 13.0 Å². The topological polar surface area (TPSA) is 51.2 Å². The molecule has 0 spiro atoms. The molecule has 68 valence electrons. The van der Waals surface area contributed by atoms with E-state index in [0.29, 0.717) is 0 Å². The van der Waals surface area contributed by atoms with Crippen LogP contribution in [0.3, 0.4) is 0 Å². The zero-order chi connectivity index (χ0) is 8.51. The summed E-state index contributed by atoms with van der Waals surface area (Å²) in [4.78, 5) is 0. The van der Waals surface area contributed by atoms with Crippen molar-refractivity contribution in [2.24, 2.45) is 5.92 Å². The first kappa shape index (κ1) is 7.26. The number of methoxy groups -OCH3 is 1. The van der Waals surface area contributed by atoms with E-state index in [1.54, 1.807) is 7.11 Å². The molecule has 4 nitrogen and oxygen atoms in total. The molecule has 4 unspecified atom stereocenters. The summed E-state index contributed by atoms with van der Waals surface area (Å²) < 4.78 is 16.0. The van der Waals surface area contributed by atoms with Crippen LogP contribution in [0.5, 0.6) is 0 Å². The SMILES string of the molecule is COC1C2[C@H](O)C2(C)OC2O[C@@H]21. The third-order valence-corrected chi connectivity index (χ3v) is 3.28. The first-order chi connectivity index (χ1) is 5.68. The Hall–Kier alpha value is -0.160. The lowest BCUT2D eigenvalue weighted by atomic mass is 10.1. The normalized spacial score (nSPS) is 66.8. The van der Waals surface area contributed by atoms with Crippen molar-refractivity contribution in [2.45, 2.75) is 37.1 Å². The minimum absolute atomic E-state index is 0.0174. The maximum atomic E-state index is 9.56. The summed E-state index contributed by atoms with van der Waals surface area (Å²) >= 11 is 0. The quantitative estimate of drug-likeness (QED) is 0.542. The molecule has 6 atom stereocenters. The molecular weight excluding hydrogens is 160 g/mol. The number of ether oxygens (including phenoxy) is 3. The van der Waals surface area contributed by atoms with Gasteiger partial charge in [0.2, 0.25) is 0 Å². The van der Waals surface area contributed by atoms with Gasteiger partial charge >= 0.3 is 0 Å². The molecule has 0 bridgehead atoms. The summed E-state index contributed by atoms with van der Waals surface area (Å²) in [5, 5.41) is 9.56. The van der Waals surface area contributed by atoms with Gasteiger partial charge < -0.3 is 19.3 Å². The first-order valence-corrected chi connectivity index (χ1v) is 4.22. The lowest BCUT2D eigenvalue weighted by molar-refractivity contribution is -0.0662. The van der Waals surface area contributed by atoms with E-state index >= 15 is 0 Å². The molecule has 0 radical (unpaired) electrons. The van der Waals surface area contributed by atoms with Gasteiger partial charge in [0.05, 0.1) is 12.2 Å². The summed E-state index contributed by atoms with van der Waals surface area (Å²) in [6.45, 7) is 1.91. The van der Waals surface area contributed by atoms with E-state index in [4.69, 9.17) is 14.2 Å². The van der Waals surface area contributed by atoms with E-state index in [-0.39, 0.29) is 30.5 Å². The zero-order valence-corrected chi connectivity index (χ0v) is 7.06. The lowest BCUT2D eigenvalue weighted by Gasteiger charge is -2.20. The van der Waals surface area contributed by atoms with Crippen molar-refractivity contribution in [3.05, 3.63) is 0 Å².